The first-order chi connectivity index (χ1) is 15.1. The normalized spacial score (nSPS) is 14.4. The Morgan fingerprint density at radius 1 is 1.10 bits per heavy atom. The largest absolute Gasteiger partial charge is 0.461 e. The van der Waals surface area contributed by atoms with E-state index in [1.165, 1.54) is 4.52 Å². The van der Waals surface area contributed by atoms with Gasteiger partial charge >= 0.3 is 0 Å². The van der Waals surface area contributed by atoms with E-state index >= 15 is 0 Å². The molecule has 3 aromatic heterocycles. The highest BCUT2D eigenvalue weighted by Gasteiger charge is 2.21. The first-order valence-corrected chi connectivity index (χ1v) is 10.4. The maximum atomic E-state index is 11.8. The number of amides is 1. The summed E-state index contributed by atoms with van der Waals surface area (Å²) >= 11 is 5.67. The van der Waals surface area contributed by atoms with Crippen LogP contribution in [0.4, 0.5) is 11.6 Å². The molecule has 0 unspecified atom stereocenters. The van der Waals surface area contributed by atoms with Gasteiger partial charge in [0.05, 0.1) is 12.0 Å². The van der Waals surface area contributed by atoms with Gasteiger partial charge in [-0.3, -0.25) is 4.79 Å². The predicted octanol–water partition coefficient (Wildman–Crippen LogP) is 2.52. The Morgan fingerprint density at radius 3 is 2.68 bits per heavy atom. The second-order valence-electron chi connectivity index (χ2n) is 7.23. The van der Waals surface area contributed by atoms with Gasteiger partial charge in [0, 0.05) is 43.5 Å². The number of benzene rings is 1. The highest BCUT2D eigenvalue weighted by Crippen LogP contribution is 2.27. The van der Waals surface area contributed by atoms with Crippen LogP contribution in [-0.2, 0) is 4.79 Å². The summed E-state index contributed by atoms with van der Waals surface area (Å²) in [6.45, 7) is 2.80. The molecular weight excluding hydrogens is 418 g/mol. The lowest BCUT2D eigenvalue weighted by molar-refractivity contribution is -0.128. The molecular formula is C21H20ClN7O2. The van der Waals surface area contributed by atoms with Gasteiger partial charge in [0.1, 0.15) is 5.88 Å². The molecule has 0 bridgehead atoms. The van der Waals surface area contributed by atoms with E-state index in [0.29, 0.717) is 36.0 Å². The number of carbonyl (C=O) groups excluding carboxylic acids is 1. The minimum atomic E-state index is -0.0229. The van der Waals surface area contributed by atoms with Gasteiger partial charge in [-0.2, -0.15) is 4.52 Å². The quantitative estimate of drug-likeness (QED) is 0.489. The van der Waals surface area contributed by atoms with Crippen molar-refractivity contribution in [2.45, 2.75) is 0 Å². The molecule has 1 aliphatic rings. The van der Waals surface area contributed by atoms with E-state index in [1.807, 2.05) is 18.2 Å². The number of carbonyl (C=O) groups is 1. The summed E-state index contributed by atoms with van der Waals surface area (Å²) in [5.41, 5.74) is 9.45. The molecule has 1 saturated heterocycles. The highest BCUT2D eigenvalue weighted by molar-refractivity contribution is 6.27. The van der Waals surface area contributed by atoms with Gasteiger partial charge in [-0.15, -0.1) is 16.7 Å². The number of alkyl halides is 1. The van der Waals surface area contributed by atoms with E-state index in [1.54, 1.807) is 23.3 Å². The fourth-order valence-electron chi connectivity index (χ4n) is 3.73. The van der Waals surface area contributed by atoms with Crippen molar-refractivity contribution in [3.63, 3.8) is 0 Å². The van der Waals surface area contributed by atoms with Gasteiger partial charge in [0.25, 0.3) is 0 Å². The van der Waals surface area contributed by atoms with E-state index in [4.69, 9.17) is 21.8 Å². The number of hydrogen-bond donors (Lipinski definition) is 1. The van der Waals surface area contributed by atoms with Crippen LogP contribution >= 0.6 is 11.6 Å². The molecule has 31 heavy (non-hydrogen) atoms. The Balaban J connectivity index is 1.42. The zero-order valence-corrected chi connectivity index (χ0v) is 17.4. The SMILES string of the molecule is Nc1nc(-c2cccc(N3CCN(C(=O)CCl)CC3)c2)cc2nc(-c3ccco3)nn12. The number of nitrogens with two attached hydrogens (primary N) is 1. The molecule has 0 radical (unpaired) electrons. The molecule has 1 aliphatic heterocycles. The van der Waals surface area contributed by atoms with Crippen molar-refractivity contribution in [3.8, 4) is 22.8 Å². The number of fused-ring (bicyclic) bond motifs is 1. The number of furan rings is 1. The summed E-state index contributed by atoms with van der Waals surface area (Å²) in [5, 5.41) is 4.38. The summed E-state index contributed by atoms with van der Waals surface area (Å²) in [4.78, 5) is 24.9. The third kappa shape index (κ3) is 3.68. The summed E-state index contributed by atoms with van der Waals surface area (Å²) in [6.07, 6.45) is 1.57. The second kappa shape index (κ2) is 7.92. The molecule has 1 aromatic carbocycles. The Morgan fingerprint density at radius 2 is 1.94 bits per heavy atom. The van der Waals surface area contributed by atoms with Gasteiger partial charge in [-0.1, -0.05) is 12.1 Å². The monoisotopic (exact) mass is 437 g/mol. The van der Waals surface area contributed by atoms with Crippen LogP contribution in [0.5, 0.6) is 0 Å². The number of anilines is 2. The van der Waals surface area contributed by atoms with Gasteiger partial charge in [0.15, 0.2) is 11.4 Å². The third-order valence-electron chi connectivity index (χ3n) is 5.35. The molecule has 0 saturated carbocycles. The molecule has 158 valence electrons. The molecule has 10 heteroatoms. The number of hydrogen-bond acceptors (Lipinski definition) is 7. The summed E-state index contributed by atoms with van der Waals surface area (Å²) in [6, 6.07) is 13.5. The highest BCUT2D eigenvalue weighted by atomic mass is 35.5. The Hall–Kier alpha value is -3.59. The average molecular weight is 438 g/mol. The van der Waals surface area contributed by atoms with Gasteiger partial charge in [-0.25, -0.2) is 9.97 Å². The number of halogens is 1. The standard InChI is InChI=1S/C21H20ClN7O2/c22-13-19(30)28-8-6-27(7-9-28)15-4-1-3-14(11-15)16-12-18-25-20(17-5-2-10-31-17)26-29(18)21(23)24-16/h1-5,10-12H,6-9,13H2,(H2,23,24). The maximum Gasteiger partial charge on any atom is 0.237 e. The molecule has 0 spiro atoms. The molecule has 1 amide bonds. The number of nitrogens with zero attached hydrogens (tertiary/aromatic N) is 6. The van der Waals surface area contributed by atoms with Crippen molar-refractivity contribution in [3.05, 3.63) is 48.7 Å². The van der Waals surface area contributed by atoms with E-state index in [9.17, 15) is 4.79 Å². The molecule has 5 rings (SSSR count). The molecule has 4 aromatic rings. The van der Waals surface area contributed by atoms with E-state index in [2.05, 4.69) is 32.1 Å². The molecule has 1 fully saturated rings. The Bertz CT molecular complexity index is 1230. The van der Waals surface area contributed by atoms with Crippen molar-refractivity contribution in [2.24, 2.45) is 0 Å². The topological polar surface area (TPSA) is 106 Å². The zero-order chi connectivity index (χ0) is 21.4. The number of nitrogen functional groups attached to an aromatic ring is 1. The summed E-state index contributed by atoms with van der Waals surface area (Å²) in [7, 11) is 0. The number of piperazine rings is 1. The lowest BCUT2D eigenvalue weighted by Crippen LogP contribution is -2.49. The van der Waals surface area contributed by atoms with E-state index in [0.717, 1.165) is 24.3 Å². The zero-order valence-electron chi connectivity index (χ0n) is 16.6. The Labute approximate surface area is 183 Å². The lowest BCUT2D eigenvalue weighted by atomic mass is 10.1. The minimum absolute atomic E-state index is 0.0229. The first-order valence-electron chi connectivity index (χ1n) is 9.88. The third-order valence-corrected chi connectivity index (χ3v) is 5.57. The maximum absolute atomic E-state index is 11.8. The number of rotatable bonds is 4. The van der Waals surface area contributed by atoms with Gasteiger partial charge in [-0.05, 0) is 24.3 Å². The van der Waals surface area contributed by atoms with Crippen molar-refractivity contribution in [1.29, 1.82) is 0 Å². The average Bonchev–Trinajstić information content (AvgIpc) is 3.49. The number of aromatic nitrogens is 4. The van der Waals surface area contributed by atoms with E-state index in [-0.39, 0.29) is 17.7 Å². The van der Waals surface area contributed by atoms with E-state index < -0.39 is 0 Å². The van der Waals surface area contributed by atoms with Crippen LogP contribution in [0.2, 0.25) is 0 Å². The first kappa shape index (κ1) is 19.4. The molecule has 0 aliphatic carbocycles. The van der Waals surface area contributed by atoms with Crippen molar-refractivity contribution in [2.75, 3.05) is 42.7 Å². The molecule has 4 heterocycles. The molecule has 2 N–H and O–H groups in total. The lowest BCUT2D eigenvalue weighted by Gasteiger charge is -2.36. The summed E-state index contributed by atoms with van der Waals surface area (Å²) in [5.74, 6) is 1.27. The predicted molar refractivity (Wildman–Crippen MR) is 118 cm³/mol. The van der Waals surface area contributed by atoms with Crippen molar-refractivity contribution < 1.29 is 9.21 Å². The fourth-order valence-corrected chi connectivity index (χ4v) is 3.90. The molecule has 9 nitrogen and oxygen atoms in total. The minimum Gasteiger partial charge on any atom is -0.461 e. The van der Waals surface area contributed by atoms with Gasteiger partial charge in [0.2, 0.25) is 17.7 Å². The molecule has 0 atom stereocenters. The van der Waals surface area contributed by atoms with Crippen LogP contribution in [0.15, 0.2) is 53.1 Å². The van der Waals surface area contributed by atoms with Crippen molar-refractivity contribution >= 4 is 34.8 Å². The van der Waals surface area contributed by atoms with Crippen LogP contribution in [0.25, 0.3) is 28.5 Å². The van der Waals surface area contributed by atoms with Crippen LogP contribution in [-0.4, -0.2) is 62.4 Å². The van der Waals surface area contributed by atoms with Crippen LogP contribution in [0, 0.1) is 0 Å². The summed E-state index contributed by atoms with van der Waals surface area (Å²) < 4.78 is 6.88. The fraction of sp³-hybridized carbons (Fsp3) is 0.238. The second-order valence-corrected chi connectivity index (χ2v) is 7.50. The smallest absolute Gasteiger partial charge is 0.237 e. The van der Waals surface area contributed by atoms with Gasteiger partial charge < -0.3 is 20.0 Å². The van der Waals surface area contributed by atoms with Crippen LogP contribution in [0.3, 0.4) is 0 Å². The van der Waals surface area contributed by atoms with Crippen LogP contribution < -0.4 is 10.6 Å². The van der Waals surface area contributed by atoms with Crippen molar-refractivity contribution in [1.82, 2.24) is 24.5 Å². The van der Waals surface area contributed by atoms with Crippen LogP contribution in [0.1, 0.15) is 0 Å². The Kier molecular flexibility index (Phi) is 4.95.